The molecule has 0 fully saturated rings. The maximum Gasteiger partial charge on any atom is 0.119 e. The van der Waals surface area contributed by atoms with Crippen LogP contribution in [0.2, 0.25) is 0 Å². The first-order valence-corrected chi connectivity index (χ1v) is 10.8. The number of nitrogens with zero attached hydrogens (tertiary/aromatic N) is 1. The Hall–Kier alpha value is -2.88. The predicted molar refractivity (Wildman–Crippen MR) is 128 cm³/mol. The lowest BCUT2D eigenvalue weighted by Gasteiger charge is -2.18. The molecule has 3 aromatic rings. The maximum absolute atomic E-state index is 6.24. The lowest BCUT2D eigenvalue weighted by atomic mass is 9.89. The van der Waals surface area contributed by atoms with Gasteiger partial charge in [-0.1, -0.05) is 86.6 Å². The van der Waals surface area contributed by atoms with Crippen LogP contribution in [0.1, 0.15) is 30.5 Å². The third-order valence-electron chi connectivity index (χ3n) is 5.40. The minimum atomic E-state index is 0.469. The fourth-order valence-electron chi connectivity index (χ4n) is 3.67. The molecule has 3 aromatic carbocycles. The van der Waals surface area contributed by atoms with Gasteiger partial charge in [0.25, 0.3) is 0 Å². The van der Waals surface area contributed by atoms with E-state index in [0.29, 0.717) is 13.2 Å². The molecule has 0 amide bonds. The van der Waals surface area contributed by atoms with E-state index < -0.39 is 0 Å². The summed E-state index contributed by atoms with van der Waals surface area (Å²) in [6, 6.07) is 29.2. The molecule has 0 saturated heterocycles. The first-order valence-electron chi connectivity index (χ1n) is 10.8. The van der Waals surface area contributed by atoms with Gasteiger partial charge < -0.3 is 15.4 Å². The van der Waals surface area contributed by atoms with Crippen LogP contribution in [0.5, 0.6) is 5.75 Å². The third-order valence-corrected chi connectivity index (χ3v) is 5.40. The van der Waals surface area contributed by atoms with Gasteiger partial charge in [0.1, 0.15) is 12.4 Å². The summed E-state index contributed by atoms with van der Waals surface area (Å²) in [6.07, 6.45) is 0. The van der Waals surface area contributed by atoms with Gasteiger partial charge in [-0.2, -0.15) is 0 Å². The zero-order chi connectivity index (χ0) is 21.2. The van der Waals surface area contributed by atoms with Crippen molar-refractivity contribution >= 4 is 11.1 Å². The van der Waals surface area contributed by atoms with Crippen LogP contribution in [0.3, 0.4) is 0 Å². The molecule has 0 spiro atoms. The van der Waals surface area contributed by atoms with E-state index in [1.807, 2.05) is 12.1 Å². The van der Waals surface area contributed by atoms with Gasteiger partial charge in [0.15, 0.2) is 0 Å². The van der Waals surface area contributed by atoms with Gasteiger partial charge in [-0.3, -0.25) is 0 Å². The van der Waals surface area contributed by atoms with Crippen LogP contribution in [0, 0.1) is 0 Å². The molecule has 0 atom stereocenters. The van der Waals surface area contributed by atoms with Crippen LogP contribution in [-0.4, -0.2) is 37.7 Å². The predicted octanol–water partition coefficient (Wildman–Crippen LogP) is 5.33. The second-order valence-corrected chi connectivity index (χ2v) is 7.19. The number of hydrogen-bond donors (Lipinski definition) is 1. The molecule has 3 rings (SSSR count). The Morgan fingerprint density at radius 2 is 1.27 bits per heavy atom. The van der Waals surface area contributed by atoms with Crippen molar-refractivity contribution in [1.82, 2.24) is 4.90 Å². The van der Waals surface area contributed by atoms with Crippen LogP contribution in [0.4, 0.5) is 0 Å². The second-order valence-electron chi connectivity index (χ2n) is 7.19. The smallest absolute Gasteiger partial charge is 0.119 e. The summed E-state index contributed by atoms with van der Waals surface area (Å²) in [5.41, 5.74) is 12.0. The molecule has 0 aromatic heterocycles. The number of hydrogen-bond acceptors (Lipinski definition) is 3. The molecule has 3 nitrogen and oxygen atoms in total. The molecule has 0 radical (unpaired) electrons. The highest BCUT2D eigenvalue weighted by molar-refractivity contribution is 5.99. The Bertz CT molecular complexity index is 914. The Morgan fingerprint density at radius 1 is 0.733 bits per heavy atom. The monoisotopic (exact) mass is 400 g/mol. The lowest BCUT2D eigenvalue weighted by molar-refractivity contribution is 0.223. The molecule has 2 N–H and O–H groups in total. The summed E-state index contributed by atoms with van der Waals surface area (Å²) in [4.78, 5) is 2.36. The Labute approximate surface area is 180 Å². The van der Waals surface area contributed by atoms with E-state index in [-0.39, 0.29) is 0 Å². The second kappa shape index (κ2) is 11.3. The summed E-state index contributed by atoms with van der Waals surface area (Å²) < 4.78 is 5.97. The summed E-state index contributed by atoms with van der Waals surface area (Å²) in [5, 5.41) is 0. The number of ether oxygens (including phenoxy) is 1. The summed E-state index contributed by atoms with van der Waals surface area (Å²) in [6.45, 7) is 8.55. The van der Waals surface area contributed by atoms with Gasteiger partial charge in [0.05, 0.1) is 0 Å². The van der Waals surface area contributed by atoms with Crippen LogP contribution >= 0.6 is 0 Å². The largest absolute Gasteiger partial charge is 0.492 e. The first kappa shape index (κ1) is 21.8. The summed E-state index contributed by atoms with van der Waals surface area (Å²) in [5.74, 6) is 0.896. The van der Waals surface area contributed by atoms with Crippen LogP contribution in [0.15, 0.2) is 84.9 Å². The lowest BCUT2D eigenvalue weighted by Crippen LogP contribution is -2.27. The highest BCUT2D eigenvalue weighted by Crippen LogP contribution is 2.32. The van der Waals surface area contributed by atoms with E-state index in [2.05, 4.69) is 91.5 Å². The van der Waals surface area contributed by atoms with Crippen molar-refractivity contribution in [3.05, 3.63) is 102 Å². The maximum atomic E-state index is 6.24. The van der Waals surface area contributed by atoms with Gasteiger partial charge in [-0.15, -0.1) is 0 Å². The van der Waals surface area contributed by atoms with Crippen LogP contribution < -0.4 is 10.5 Å². The molecule has 3 heteroatoms. The molecular weight excluding hydrogens is 368 g/mol. The molecule has 0 aliphatic carbocycles. The van der Waals surface area contributed by atoms with E-state index in [9.17, 15) is 0 Å². The van der Waals surface area contributed by atoms with Crippen molar-refractivity contribution in [2.45, 2.75) is 13.8 Å². The van der Waals surface area contributed by atoms with Gasteiger partial charge in [0, 0.05) is 13.1 Å². The minimum absolute atomic E-state index is 0.469. The number of likely N-dealkylation sites (N-methyl/N-ethyl adjacent to an activating group) is 1. The number of nitrogens with two attached hydrogens (primary N) is 1. The molecule has 0 aliphatic rings. The zero-order valence-electron chi connectivity index (χ0n) is 18.1. The Balaban J connectivity index is 1.91. The van der Waals surface area contributed by atoms with Gasteiger partial charge in [0.2, 0.25) is 0 Å². The fraction of sp³-hybridized carbons (Fsp3) is 0.259. The van der Waals surface area contributed by atoms with E-state index >= 15 is 0 Å². The molecular formula is C27H32N2O. The van der Waals surface area contributed by atoms with Crippen molar-refractivity contribution in [3.63, 3.8) is 0 Å². The van der Waals surface area contributed by atoms with E-state index in [1.54, 1.807) is 0 Å². The zero-order valence-corrected chi connectivity index (χ0v) is 18.1. The molecule has 0 saturated carbocycles. The Morgan fingerprint density at radius 3 is 1.80 bits per heavy atom. The molecule has 0 aliphatic heterocycles. The third kappa shape index (κ3) is 5.59. The first-order chi connectivity index (χ1) is 14.8. The SMILES string of the molecule is CCN(CC)CCOc1ccc(C(=C(CN)c2ccccc2)c2ccccc2)cc1. The van der Waals surface area contributed by atoms with Gasteiger partial charge in [-0.05, 0) is 53.1 Å². The van der Waals surface area contributed by atoms with Crippen molar-refractivity contribution in [3.8, 4) is 5.75 Å². The van der Waals surface area contributed by atoms with Crippen molar-refractivity contribution in [2.75, 3.05) is 32.8 Å². The Kier molecular flexibility index (Phi) is 8.25. The van der Waals surface area contributed by atoms with E-state index in [1.165, 1.54) is 5.57 Å². The average molecular weight is 401 g/mol. The molecule has 0 bridgehead atoms. The highest BCUT2D eigenvalue weighted by Gasteiger charge is 2.13. The van der Waals surface area contributed by atoms with Crippen molar-refractivity contribution in [1.29, 1.82) is 0 Å². The fourth-order valence-corrected chi connectivity index (χ4v) is 3.67. The standard InChI is InChI=1S/C27H32N2O/c1-3-29(4-2)19-20-30-25-17-15-24(16-18-25)27(23-13-9-6-10-14-23)26(21-28)22-11-7-5-8-12-22/h5-18H,3-4,19-21,28H2,1-2H3. The highest BCUT2D eigenvalue weighted by atomic mass is 16.5. The number of benzene rings is 3. The quantitative estimate of drug-likeness (QED) is 0.468. The van der Waals surface area contributed by atoms with Crippen molar-refractivity contribution < 1.29 is 4.74 Å². The van der Waals surface area contributed by atoms with Crippen molar-refractivity contribution in [2.24, 2.45) is 5.73 Å². The van der Waals surface area contributed by atoms with E-state index in [0.717, 1.165) is 47.6 Å². The average Bonchev–Trinajstić information content (AvgIpc) is 2.82. The summed E-state index contributed by atoms with van der Waals surface area (Å²) in [7, 11) is 0. The van der Waals surface area contributed by atoms with Gasteiger partial charge in [-0.25, -0.2) is 0 Å². The van der Waals surface area contributed by atoms with Crippen LogP contribution in [0.25, 0.3) is 11.1 Å². The normalized spacial score (nSPS) is 12.0. The van der Waals surface area contributed by atoms with E-state index in [4.69, 9.17) is 10.5 Å². The number of rotatable bonds is 10. The topological polar surface area (TPSA) is 38.5 Å². The molecule has 156 valence electrons. The van der Waals surface area contributed by atoms with Crippen LogP contribution in [-0.2, 0) is 0 Å². The molecule has 0 heterocycles. The summed E-state index contributed by atoms with van der Waals surface area (Å²) >= 11 is 0. The minimum Gasteiger partial charge on any atom is -0.492 e. The van der Waals surface area contributed by atoms with Gasteiger partial charge >= 0.3 is 0 Å². The molecule has 0 unspecified atom stereocenters. The molecule has 30 heavy (non-hydrogen) atoms.